The molecule has 0 aliphatic carbocycles. The molecule has 0 bridgehead atoms. The summed E-state index contributed by atoms with van der Waals surface area (Å²) in [6.07, 6.45) is 0. The number of aromatic nitrogens is 2. The summed E-state index contributed by atoms with van der Waals surface area (Å²) in [4.78, 5) is 4.47. The van der Waals surface area contributed by atoms with Gasteiger partial charge in [0.05, 0.1) is 19.8 Å². The van der Waals surface area contributed by atoms with Gasteiger partial charge in [0.25, 0.3) is 0 Å². The molecule has 0 unspecified atom stereocenters. The van der Waals surface area contributed by atoms with Crippen molar-refractivity contribution in [3.05, 3.63) is 48.4 Å². The fourth-order valence-electron chi connectivity index (χ4n) is 2.78. The third-order valence-corrected chi connectivity index (χ3v) is 6.17. The highest BCUT2D eigenvalue weighted by Crippen LogP contribution is 2.29. The van der Waals surface area contributed by atoms with Crippen molar-refractivity contribution in [3.63, 3.8) is 0 Å². The van der Waals surface area contributed by atoms with Crippen LogP contribution in [0, 0.1) is 0 Å². The lowest BCUT2D eigenvalue weighted by molar-refractivity contribution is 0.330. The van der Waals surface area contributed by atoms with Crippen LogP contribution in [0.25, 0.3) is 11.4 Å². The first-order valence-corrected chi connectivity index (χ1v) is 11.3. The van der Waals surface area contributed by atoms with Gasteiger partial charge in [0.15, 0.2) is 0 Å². The van der Waals surface area contributed by atoms with Crippen LogP contribution < -0.4 is 14.8 Å². The maximum atomic E-state index is 12.6. The monoisotopic (exact) mass is 446 g/mol. The highest BCUT2D eigenvalue weighted by atomic mass is 32.2. The Morgan fingerprint density at radius 2 is 1.74 bits per heavy atom. The van der Waals surface area contributed by atoms with Crippen LogP contribution in [0.1, 0.15) is 19.7 Å². The zero-order valence-corrected chi connectivity index (χ0v) is 18.8. The Morgan fingerprint density at radius 1 is 1.03 bits per heavy atom. The molecule has 31 heavy (non-hydrogen) atoms. The molecule has 3 rings (SSSR count). The lowest BCUT2D eigenvalue weighted by Gasteiger charge is -2.16. The third kappa shape index (κ3) is 5.33. The van der Waals surface area contributed by atoms with E-state index in [1.807, 2.05) is 31.2 Å². The average Bonchev–Trinajstić information content (AvgIpc) is 3.23. The smallest absolute Gasteiger partial charge is 0.246 e. The second kappa shape index (κ2) is 9.80. The molecule has 1 heterocycles. The molecule has 0 saturated carbocycles. The number of nitrogens with one attached hydrogen (secondary N) is 1. The van der Waals surface area contributed by atoms with E-state index >= 15 is 0 Å². The summed E-state index contributed by atoms with van der Waals surface area (Å²) in [6.45, 7) is 4.92. The summed E-state index contributed by atoms with van der Waals surface area (Å²) < 4.78 is 42.7. The van der Waals surface area contributed by atoms with E-state index in [9.17, 15) is 8.42 Å². The SMILES string of the molecule is CCOc1ccc(-c2noc(CNc3ccc(OCC)c(S(=O)(=O)N(C)C)c3)n2)cc1. The number of ether oxygens (including phenoxy) is 2. The molecule has 0 atom stereocenters. The Hall–Kier alpha value is -3.11. The fourth-order valence-corrected chi connectivity index (χ4v) is 3.83. The van der Waals surface area contributed by atoms with Gasteiger partial charge in [-0.3, -0.25) is 0 Å². The summed E-state index contributed by atoms with van der Waals surface area (Å²) in [7, 11) is -0.712. The van der Waals surface area contributed by atoms with Gasteiger partial charge in [0, 0.05) is 25.3 Å². The van der Waals surface area contributed by atoms with Gasteiger partial charge < -0.3 is 19.3 Å². The maximum absolute atomic E-state index is 12.6. The van der Waals surface area contributed by atoms with Crippen LogP contribution in [-0.4, -0.2) is 50.2 Å². The molecule has 0 amide bonds. The van der Waals surface area contributed by atoms with E-state index in [0.717, 1.165) is 15.6 Å². The van der Waals surface area contributed by atoms with Crippen molar-refractivity contribution >= 4 is 15.7 Å². The van der Waals surface area contributed by atoms with Gasteiger partial charge in [-0.1, -0.05) is 5.16 Å². The molecule has 0 radical (unpaired) electrons. The third-order valence-electron chi connectivity index (χ3n) is 4.34. The summed E-state index contributed by atoms with van der Waals surface area (Å²) in [5, 5.41) is 7.12. The first-order valence-electron chi connectivity index (χ1n) is 9.84. The average molecular weight is 447 g/mol. The van der Waals surface area contributed by atoms with E-state index in [1.54, 1.807) is 19.1 Å². The molecule has 9 nitrogen and oxygen atoms in total. The molecular weight excluding hydrogens is 420 g/mol. The Bertz CT molecular complexity index is 1110. The normalized spacial score (nSPS) is 11.5. The van der Waals surface area contributed by atoms with E-state index in [-0.39, 0.29) is 11.4 Å². The van der Waals surface area contributed by atoms with Crippen LogP contribution in [0.2, 0.25) is 0 Å². The molecule has 0 aliphatic heterocycles. The first-order chi connectivity index (χ1) is 14.8. The Labute approximate surface area is 182 Å². The summed E-state index contributed by atoms with van der Waals surface area (Å²) in [5.41, 5.74) is 1.39. The molecular formula is C21H26N4O5S. The lowest BCUT2D eigenvalue weighted by atomic mass is 10.2. The van der Waals surface area contributed by atoms with Crippen molar-refractivity contribution in [3.8, 4) is 22.9 Å². The zero-order chi connectivity index (χ0) is 22.4. The highest BCUT2D eigenvalue weighted by molar-refractivity contribution is 7.89. The molecule has 0 spiro atoms. The summed E-state index contributed by atoms with van der Waals surface area (Å²) in [6, 6.07) is 12.3. The van der Waals surface area contributed by atoms with E-state index in [1.165, 1.54) is 20.2 Å². The quantitative estimate of drug-likeness (QED) is 0.505. The van der Waals surface area contributed by atoms with Crippen molar-refractivity contribution in [1.82, 2.24) is 14.4 Å². The van der Waals surface area contributed by atoms with Crippen LogP contribution in [0.15, 0.2) is 51.9 Å². The van der Waals surface area contributed by atoms with E-state index in [0.29, 0.717) is 36.4 Å². The number of hydrogen-bond acceptors (Lipinski definition) is 8. The maximum Gasteiger partial charge on any atom is 0.246 e. The second-order valence-corrected chi connectivity index (χ2v) is 8.82. The van der Waals surface area contributed by atoms with Crippen molar-refractivity contribution in [2.75, 3.05) is 32.6 Å². The second-order valence-electron chi connectivity index (χ2n) is 6.70. The number of sulfonamides is 1. The number of benzene rings is 2. The standard InChI is InChI=1S/C21H26N4O5S/c1-5-28-17-10-7-15(8-11-17)21-23-20(30-24-21)14-22-16-9-12-18(29-6-2)19(13-16)31(26,27)25(3)4/h7-13,22H,5-6,14H2,1-4H3. The molecule has 10 heteroatoms. The number of hydrogen-bond donors (Lipinski definition) is 1. The van der Waals surface area contributed by atoms with Crippen molar-refractivity contribution in [2.24, 2.45) is 0 Å². The largest absolute Gasteiger partial charge is 0.494 e. The van der Waals surface area contributed by atoms with Crippen LogP contribution in [0.3, 0.4) is 0 Å². The molecule has 1 N–H and O–H groups in total. The van der Waals surface area contributed by atoms with Crippen LogP contribution in [-0.2, 0) is 16.6 Å². The Morgan fingerprint density at radius 3 is 2.39 bits per heavy atom. The first kappa shape index (κ1) is 22.6. The minimum atomic E-state index is -3.67. The van der Waals surface area contributed by atoms with Gasteiger partial charge in [0.1, 0.15) is 16.4 Å². The van der Waals surface area contributed by atoms with Gasteiger partial charge >= 0.3 is 0 Å². The van der Waals surface area contributed by atoms with E-state index in [2.05, 4.69) is 15.5 Å². The molecule has 1 aromatic heterocycles. The molecule has 0 saturated heterocycles. The van der Waals surface area contributed by atoms with Crippen LogP contribution in [0.5, 0.6) is 11.5 Å². The topological polar surface area (TPSA) is 107 Å². The number of anilines is 1. The summed E-state index contributed by atoms with van der Waals surface area (Å²) in [5.74, 6) is 1.91. The van der Waals surface area contributed by atoms with E-state index in [4.69, 9.17) is 14.0 Å². The zero-order valence-electron chi connectivity index (χ0n) is 18.0. The predicted molar refractivity (Wildman–Crippen MR) is 117 cm³/mol. The molecule has 0 fully saturated rings. The van der Waals surface area contributed by atoms with Gasteiger partial charge in [-0.25, -0.2) is 12.7 Å². The van der Waals surface area contributed by atoms with Crippen LogP contribution in [0.4, 0.5) is 5.69 Å². The van der Waals surface area contributed by atoms with Crippen molar-refractivity contribution in [1.29, 1.82) is 0 Å². The number of rotatable bonds is 10. The fraction of sp³-hybridized carbons (Fsp3) is 0.333. The lowest BCUT2D eigenvalue weighted by Crippen LogP contribution is -2.23. The Kier molecular flexibility index (Phi) is 7.13. The van der Waals surface area contributed by atoms with Gasteiger partial charge in [-0.2, -0.15) is 4.98 Å². The predicted octanol–water partition coefficient (Wildman–Crippen LogP) is 3.40. The number of nitrogens with zero attached hydrogens (tertiary/aromatic N) is 3. The molecule has 166 valence electrons. The minimum Gasteiger partial charge on any atom is -0.494 e. The Balaban J connectivity index is 1.74. The highest BCUT2D eigenvalue weighted by Gasteiger charge is 2.23. The van der Waals surface area contributed by atoms with Crippen molar-refractivity contribution in [2.45, 2.75) is 25.3 Å². The van der Waals surface area contributed by atoms with Gasteiger partial charge in [0.2, 0.25) is 21.7 Å². The van der Waals surface area contributed by atoms with E-state index < -0.39 is 10.0 Å². The van der Waals surface area contributed by atoms with Crippen molar-refractivity contribution < 1.29 is 22.4 Å². The minimum absolute atomic E-state index is 0.0879. The molecule has 0 aliphatic rings. The van der Waals surface area contributed by atoms with Crippen LogP contribution >= 0.6 is 0 Å². The van der Waals surface area contributed by atoms with Gasteiger partial charge in [-0.05, 0) is 56.3 Å². The van der Waals surface area contributed by atoms with Gasteiger partial charge in [-0.15, -0.1) is 0 Å². The molecule has 2 aromatic carbocycles. The molecule has 3 aromatic rings. The summed E-state index contributed by atoms with van der Waals surface area (Å²) >= 11 is 0.